The first-order chi connectivity index (χ1) is 9.43. The lowest BCUT2D eigenvalue weighted by molar-refractivity contribution is -0.151. The molecule has 1 aromatic heterocycles. The van der Waals surface area contributed by atoms with E-state index in [-0.39, 0.29) is 24.0 Å². The molecule has 1 unspecified atom stereocenters. The van der Waals surface area contributed by atoms with Crippen LogP contribution in [0.2, 0.25) is 0 Å². The van der Waals surface area contributed by atoms with Crippen LogP contribution in [0.25, 0.3) is 0 Å². The second-order valence-electron chi connectivity index (χ2n) is 5.50. The van der Waals surface area contributed by atoms with Crippen molar-refractivity contribution in [1.29, 1.82) is 0 Å². The number of carbonyl (C=O) groups is 1. The van der Waals surface area contributed by atoms with E-state index in [9.17, 15) is 9.90 Å². The van der Waals surface area contributed by atoms with Gasteiger partial charge in [0.1, 0.15) is 0 Å². The van der Waals surface area contributed by atoms with E-state index in [1.165, 1.54) is 0 Å². The van der Waals surface area contributed by atoms with Crippen molar-refractivity contribution in [3.05, 3.63) is 17.5 Å². The van der Waals surface area contributed by atoms with Gasteiger partial charge in [-0.15, -0.1) is 0 Å². The molecule has 20 heavy (non-hydrogen) atoms. The van der Waals surface area contributed by atoms with Crippen LogP contribution in [0.3, 0.4) is 0 Å². The van der Waals surface area contributed by atoms with Crippen molar-refractivity contribution in [2.45, 2.75) is 32.1 Å². The number of nitrogen functional groups attached to an aromatic ring is 1. The minimum atomic E-state index is -0.490. The Labute approximate surface area is 116 Å². The molecule has 1 aliphatic rings. The fourth-order valence-electron chi connectivity index (χ4n) is 2.42. The lowest BCUT2D eigenvalue weighted by Crippen LogP contribution is -2.53. The number of amides is 1. The summed E-state index contributed by atoms with van der Waals surface area (Å²) in [6.07, 6.45) is -0.228. The molecule has 1 aliphatic heterocycles. The summed E-state index contributed by atoms with van der Waals surface area (Å²) in [6.45, 7) is 5.69. The number of nitrogens with two attached hydrogens (primary N) is 1. The van der Waals surface area contributed by atoms with E-state index < -0.39 is 5.91 Å². The number of aromatic nitrogens is 1. The van der Waals surface area contributed by atoms with E-state index in [4.69, 9.17) is 15.1 Å². The highest BCUT2D eigenvalue weighted by Crippen LogP contribution is 2.22. The summed E-state index contributed by atoms with van der Waals surface area (Å²) < 4.78 is 10.8. The summed E-state index contributed by atoms with van der Waals surface area (Å²) >= 11 is 0. The van der Waals surface area contributed by atoms with Gasteiger partial charge in [0.05, 0.1) is 24.9 Å². The van der Waals surface area contributed by atoms with E-state index in [0.717, 1.165) is 0 Å². The Morgan fingerprint density at radius 3 is 3.10 bits per heavy atom. The van der Waals surface area contributed by atoms with Gasteiger partial charge in [-0.05, 0) is 13.8 Å². The SMILES string of the molecule is CC1(C)CN(Cc2cc(C(=O)NN)no2)CC(CO)O1. The van der Waals surface area contributed by atoms with Crippen molar-refractivity contribution in [2.75, 3.05) is 19.7 Å². The third-order valence-corrected chi connectivity index (χ3v) is 3.06. The Kier molecular flexibility index (Phi) is 4.39. The van der Waals surface area contributed by atoms with E-state index >= 15 is 0 Å². The van der Waals surface area contributed by atoms with E-state index in [0.29, 0.717) is 25.4 Å². The van der Waals surface area contributed by atoms with Crippen LogP contribution in [0, 0.1) is 0 Å². The number of carbonyl (C=O) groups excluding carboxylic acids is 1. The molecule has 0 spiro atoms. The first-order valence-corrected chi connectivity index (χ1v) is 6.41. The van der Waals surface area contributed by atoms with Gasteiger partial charge in [0.2, 0.25) is 0 Å². The van der Waals surface area contributed by atoms with Crippen molar-refractivity contribution in [3.63, 3.8) is 0 Å². The maximum Gasteiger partial charge on any atom is 0.287 e. The number of hydrogen-bond acceptors (Lipinski definition) is 7. The van der Waals surface area contributed by atoms with E-state index in [1.54, 1.807) is 6.07 Å². The lowest BCUT2D eigenvalue weighted by atomic mass is 10.1. The molecule has 0 radical (unpaired) electrons. The zero-order valence-corrected chi connectivity index (χ0v) is 11.6. The molecule has 4 N–H and O–H groups in total. The molecule has 8 heteroatoms. The molecule has 0 aromatic carbocycles. The van der Waals surface area contributed by atoms with E-state index in [1.807, 2.05) is 19.3 Å². The fourth-order valence-corrected chi connectivity index (χ4v) is 2.42. The standard InChI is InChI=1S/C12H20N4O4/c1-12(2)7-16(5-9(6-17)19-12)4-8-3-10(15-20-8)11(18)14-13/h3,9,17H,4-7,13H2,1-2H3,(H,14,18). The zero-order chi connectivity index (χ0) is 14.8. The van der Waals surface area contributed by atoms with Crippen LogP contribution in [0.4, 0.5) is 0 Å². The Bertz CT molecular complexity index is 474. The number of rotatable bonds is 4. The van der Waals surface area contributed by atoms with Gasteiger partial charge in [-0.2, -0.15) is 0 Å². The highest BCUT2D eigenvalue weighted by Gasteiger charge is 2.33. The Balaban J connectivity index is 2.01. The molecular weight excluding hydrogens is 264 g/mol. The van der Waals surface area contributed by atoms with Crippen LogP contribution in [-0.4, -0.2) is 52.5 Å². The Morgan fingerprint density at radius 1 is 1.70 bits per heavy atom. The normalized spacial score (nSPS) is 22.7. The molecule has 0 aliphatic carbocycles. The summed E-state index contributed by atoms with van der Waals surface area (Å²) in [5.74, 6) is 5.11. The minimum absolute atomic E-state index is 0.0306. The average molecular weight is 284 g/mol. The molecule has 112 valence electrons. The topological polar surface area (TPSA) is 114 Å². The number of hydrogen-bond donors (Lipinski definition) is 3. The highest BCUT2D eigenvalue weighted by atomic mass is 16.5. The van der Waals surface area contributed by atoms with Crippen molar-refractivity contribution < 1.29 is 19.2 Å². The molecule has 8 nitrogen and oxygen atoms in total. The monoisotopic (exact) mass is 284 g/mol. The second kappa shape index (κ2) is 5.88. The van der Waals surface area contributed by atoms with Gasteiger partial charge in [0, 0.05) is 19.2 Å². The van der Waals surface area contributed by atoms with Gasteiger partial charge in [-0.25, -0.2) is 5.84 Å². The van der Waals surface area contributed by atoms with Crippen LogP contribution >= 0.6 is 0 Å². The van der Waals surface area contributed by atoms with E-state index in [2.05, 4.69) is 10.1 Å². The number of nitrogens with one attached hydrogen (secondary N) is 1. The minimum Gasteiger partial charge on any atom is -0.394 e. The number of hydrazine groups is 1. The summed E-state index contributed by atoms with van der Waals surface area (Å²) in [5, 5.41) is 12.9. The highest BCUT2D eigenvalue weighted by molar-refractivity contribution is 5.91. The third-order valence-electron chi connectivity index (χ3n) is 3.06. The second-order valence-corrected chi connectivity index (χ2v) is 5.50. The summed E-state index contributed by atoms with van der Waals surface area (Å²) in [6, 6.07) is 1.55. The van der Waals surface area contributed by atoms with Crippen molar-refractivity contribution in [2.24, 2.45) is 5.84 Å². The number of aliphatic hydroxyl groups is 1. The first kappa shape index (κ1) is 14.9. The van der Waals surface area contributed by atoms with Gasteiger partial charge in [0.25, 0.3) is 5.91 Å². The molecule has 2 rings (SSSR count). The van der Waals surface area contributed by atoms with Crippen molar-refractivity contribution in [1.82, 2.24) is 15.5 Å². The molecule has 1 saturated heterocycles. The predicted octanol–water partition coefficient (Wildman–Crippen LogP) is -0.750. The lowest BCUT2D eigenvalue weighted by Gasteiger charge is -2.41. The van der Waals surface area contributed by atoms with Crippen LogP contribution < -0.4 is 11.3 Å². The number of morpholine rings is 1. The van der Waals surface area contributed by atoms with Crippen molar-refractivity contribution >= 4 is 5.91 Å². The zero-order valence-electron chi connectivity index (χ0n) is 11.6. The van der Waals surface area contributed by atoms with Gasteiger partial charge in [-0.1, -0.05) is 5.16 Å². The molecule has 0 bridgehead atoms. The maximum absolute atomic E-state index is 11.3. The van der Waals surface area contributed by atoms with Gasteiger partial charge >= 0.3 is 0 Å². The Morgan fingerprint density at radius 2 is 2.45 bits per heavy atom. The Hall–Kier alpha value is -1.48. The van der Waals surface area contributed by atoms with Crippen LogP contribution in [-0.2, 0) is 11.3 Å². The number of ether oxygens (including phenoxy) is 1. The number of aliphatic hydroxyl groups excluding tert-OH is 1. The van der Waals surface area contributed by atoms with Crippen LogP contribution in [0.1, 0.15) is 30.1 Å². The fraction of sp³-hybridized carbons (Fsp3) is 0.667. The van der Waals surface area contributed by atoms with Gasteiger partial charge in [0.15, 0.2) is 11.5 Å². The average Bonchev–Trinajstić information content (AvgIpc) is 2.84. The quantitative estimate of drug-likeness (QED) is 0.378. The van der Waals surface area contributed by atoms with Gasteiger partial charge < -0.3 is 14.4 Å². The number of nitrogens with zero attached hydrogens (tertiary/aromatic N) is 2. The largest absolute Gasteiger partial charge is 0.394 e. The molecular formula is C12H20N4O4. The molecule has 1 aromatic rings. The maximum atomic E-state index is 11.3. The smallest absolute Gasteiger partial charge is 0.287 e. The third kappa shape index (κ3) is 3.54. The first-order valence-electron chi connectivity index (χ1n) is 6.41. The molecule has 0 saturated carbocycles. The predicted molar refractivity (Wildman–Crippen MR) is 69.5 cm³/mol. The van der Waals surface area contributed by atoms with Crippen LogP contribution in [0.15, 0.2) is 10.6 Å². The summed E-state index contributed by atoms with van der Waals surface area (Å²) in [4.78, 5) is 13.4. The molecule has 1 atom stereocenters. The molecule has 1 amide bonds. The summed E-state index contributed by atoms with van der Waals surface area (Å²) in [7, 11) is 0. The van der Waals surface area contributed by atoms with Crippen LogP contribution in [0.5, 0.6) is 0 Å². The van der Waals surface area contributed by atoms with Gasteiger partial charge in [-0.3, -0.25) is 15.1 Å². The molecule has 1 fully saturated rings. The molecule has 2 heterocycles. The summed E-state index contributed by atoms with van der Waals surface area (Å²) in [5.41, 5.74) is 1.80. The van der Waals surface area contributed by atoms with Crippen molar-refractivity contribution in [3.8, 4) is 0 Å².